The van der Waals surface area contributed by atoms with Gasteiger partial charge in [-0.1, -0.05) is 18.2 Å². The molecule has 6 heteroatoms. The van der Waals surface area contributed by atoms with Gasteiger partial charge < -0.3 is 10.2 Å². The van der Waals surface area contributed by atoms with Gasteiger partial charge in [-0.15, -0.1) is 0 Å². The quantitative estimate of drug-likeness (QED) is 0.919. The van der Waals surface area contributed by atoms with Crippen LogP contribution in [0.3, 0.4) is 0 Å². The zero-order valence-corrected chi connectivity index (χ0v) is 11.0. The van der Waals surface area contributed by atoms with Crippen LogP contribution < -0.4 is 10.2 Å². The minimum Gasteiger partial charge on any atom is -0.354 e. The molecule has 0 amide bonds. The number of nitrogens with zero attached hydrogens (tertiary/aromatic N) is 4. The molecule has 1 N–H and O–H groups in total. The van der Waals surface area contributed by atoms with E-state index in [1.165, 1.54) is 0 Å². The molecule has 0 fully saturated rings. The number of halogens is 1. The maximum absolute atomic E-state index is 5.89. The van der Waals surface area contributed by atoms with Crippen LogP contribution in [0.5, 0.6) is 0 Å². The second-order valence-electron chi connectivity index (χ2n) is 3.65. The highest BCUT2D eigenvalue weighted by molar-refractivity contribution is 6.28. The van der Waals surface area contributed by atoms with Crippen molar-refractivity contribution in [3.8, 4) is 0 Å². The maximum Gasteiger partial charge on any atom is 0.235 e. The third-order valence-corrected chi connectivity index (χ3v) is 2.54. The highest BCUT2D eigenvalue weighted by Gasteiger charge is 2.10. The Morgan fingerprint density at radius 2 is 1.89 bits per heavy atom. The van der Waals surface area contributed by atoms with Crippen LogP contribution >= 0.6 is 11.6 Å². The molecule has 0 saturated heterocycles. The predicted octanol–water partition coefficient (Wildman–Crippen LogP) is 2.72. The van der Waals surface area contributed by atoms with E-state index in [1.54, 1.807) is 0 Å². The van der Waals surface area contributed by atoms with Crippen molar-refractivity contribution in [2.24, 2.45) is 0 Å². The summed E-state index contributed by atoms with van der Waals surface area (Å²) in [5, 5.41) is 3.20. The molecule has 0 saturated carbocycles. The number of benzene rings is 1. The second-order valence-corrected chi connectivity index (χ2v) is 3.99. The molecule has 0 aliphatic heterocycles. The second kappa shape index (κ2) is 5.64. The molecule has 1 aromatic heterocycles. The fourth-order valence-corrected chi connectivity index (χ4v) is 1.65. The zero-order valence-electron chi connectivity index (χ0n) is 10.3. The maximum atomic E-state index is 5.89. The minimum atomic E-state index is 0.179. The zero-order chi connectivity index (χ0) is 13.0. The highest BCUT2D eigenvalue weighted by Crippen LogP contribution is 2.21. The molecule has 0 atom stereocenters. The van der Waals surface area contributed by atoms with Gasteiger partial charge in [-0.25, -0.2) is 0 Å². The number of hydrogen-bond acceptors (Lipinski definition) is 5. The molecule has 0 unspecified atom stereocenters. The van der Waals surface area contributed by atoms with Crippen molar-refractivity contribution >= 4 is 29.2 Å². The predicted molar refractivity (Wildman–Crippen MR) is 73.5 cm³/mol. The first kappa shape index (κ1) is 12.6. The van der Waals surface area contributed by atoms with Gasteiger partial charge in [-0.3, -0.25) is 0 Å². The number of nitrogens with one attached hydrogen (secondary N) is 1. The Balaban J connectivity index is 2.33. The Bertz CT molecular complexity index is 517. The van der Waals surface area contributed by atoms with E-state index in [4.69, 9.17) is 11.6 Å². The standard InChI is InChI=1S/C12H14ClN5/c1-3-14-11-15-10(13)16-12(17-11)18(2)9-7-5-4-6-8-9/h4-8H,3H2,1-2H3,(H,14,15,16,17). The summed E-state index contributed by atoms with van der Waals surface area (Å²) in [6.07, 6.45) is 0. The van der Waals surface area contributed by atoms with E-state index < -0.39 is 0 Å². The molecular weight excluding hydrogens is 250 g/mol. The van der Waals surface area contributed by atoms with Crippen LogP contribution in [0.2, 0.25) is 5.28 Å². The first-order valence-electron chi connectivity index (χ1n) is 5.65. The molecule has 1 aromatic carbocycles. The fraction of sp³-hybridized carbons (Fsp3) is 0.250. The van der Waals surface area contributed by atoms with Crippen LogP contribution in [0.4, 0.5) is 17.6 Å². The van der Waals surface area contributed by atoms with E-state index in [0.717, 1.165) is 12.2 Å². The normalized spacial score (nSPS) is 10.2. The summed E-state index contributed by atoms with van der Waals surface area (Å²) in [6.45, 7) is 2.70. The fourth-order valence-electron chi connectivity index (χ4n) is 1.49. The number of aromatic nitrogens is 3. The molecule has 0 radical (unpaired) electrons. The smallest absolute Gasteiger partial charge is 0.235 e. The monoisotopic (exact) mass is 263 g/mol. The van der Waals surface area contributed by atoms with Gasteiger partial charge in [0.15, 0.2) is 0 Å². The molecule has 0 aliphatic carbocycles. The Kier molecular flexibility index (Phi) is 3.94. The molecule has 5 nitrogen and oxygen atoms in total. The van der Waals surface area contributed by atoms with Crippen LogP contribution in [-0.4, -0.2) is 28.5 Å². The van der Waals surface area contributed by atoms with Crippen LogP contribution in [0, 0.1) is 0 Å². The summed E-state index contributed by atoms with van der Waals surface area (Å²) in [5.74, 6) is 0.993. The summed E-state index contributed by atoms with van der Waals surface area (Å²) in [4.78, 5) is 14.3. The Labute approximate surface area is 111 Å². The van der Waals surface area contributed by atoms with Gasteiger partial charge >= 0.3 is 0 Å². The first-order valence-corrected chi connectivity index (χ1v) is 6.02. The van der Waals surface area contributed by atoms with Crippen molar-refractivity contribution < 1.29 is 0 Å². The van der Waals surface area contributed by atoms with Gasteiger partial charge in [0.1, 0.15) is 0 Å². The van der Waals surface area contributed by atoms with Crippen molar-refractivity contribution in [3.63, 3.8) is 0 Å². The topological polar surface area (TPSA) is 53.9 Å². The highest BCUT2D eigenvalue weighted by atomic mass is 35.5. The lowest BCUT2D eigenvalue weighted by atomic mass is 10.3. The molecule has 18 heavy (non-hydrogen) atoms. The van der Waals surface area contributed by atoms with E-state index in [0.29, 0.717) is 11.9 Å². The summed E-state index contributed by atoms with van der Waals surface area (Å²) in [6, 6.07) is 9.83. The molecule has 1 heterocycles. The van der Waals surface area contributed by atoms with Crippen molar-refractivity contribution in [2.75, 3.05) is 23.8 Å². The van der Waals surface area contributed by atoms with Crippen LogP contribution in [0.1, 0.15) is 6.92 Å². The Morgan fingerprint density at radius 1 is 1.17 bits per heavy atom. The Hall–Kier alpha value is -1.88. The SMILES string of the molecule is CCNc1nc(Cl)nc(N(C)c2ccccc2)n1. The van der Waals surface area contributed by atoms with E-state index in [1.807, 2.05) is 49.2 Å². The Morgan fingerprint density at radius 3 is 2.56 bits per heavy atom. The van der Waals surface area contributed by atoms with Crippen LogP contribution in [-0.2, 0) is 0 Å². The molecule has 94 valence electrons. The van der Waals surface area contributed by atoms with Gasteiger partial charge in [0.25, 0.3) is 0 Å². The summed E-state index contributed by atoms with van der Waals surface area (Å²) in [7, 11) is 1.89. The van der Waals surface area contributed by atoms with Crippen molar-refractivity contribution in [1.82, 2.24) is 15.0 Å². The van der Waals surface area contributed by atoms with Crippen LogP contribution in [0.25, 0.3) is 0 Å². The molecule has 2 rings (SSSR count). The van der Waals surface area contributed by atoms with Gasteiger partial charge in [0, 0.05) is 19.3 Å². The van der Waals surface area contributed by atoms with E-state index in [9.17, 15) is 0 Å². The van der Waals surface area contributed by atoms with E-state index in [2.05, 4.69) is 20.3 Å². The van der Waals surface area contributed by atoms with E-state index in [-0.39, 0.29) is 5.28 Å². The largest absolute Gasteiger partial charge is 0.354 e. The average Bonchev–Trinajstić information content (AvgIpc) is 2.38. The number of rotatable bonds is 4. The third-order valence-electron chi connectivity index (χ3n) is 2.37. The number of anilines is 3. The van der Waals surface area contributed by atoms with Crippen molar-refractivity contribution in [2.45, 2.75) is 6.92 Å². The third kappa shape index (κ3) is 2.87. The average molecular weight is 264 g/mol. The molecule has 0 spiro atoms. The summed E-state index contributed by atoms with van der Waals surface area (Å²) < 4.78 is 0. The van der Waals surface area contributed by atoms with E-state index >= 15 is 0 Å². The van der Waals surface area contributed by atoms with Crippen LogP contribution in [0.15, 0.2) is 30.3 Å². The summed E-state index contributed by atoms with van der Waals surface area (Å²) in [5.41, 5.74) is 0.988. The number of hydrogen-bond donors (Lipinski definition) is 1. The molecule has 2 aromatic rings. The lowest BCUT2D eigenvalue weighted by Gasteiger charge is -2.17. The lowest BCUT2D eigenvalue weighted by molar-refractivity contribution is 0.973. The summed E-state index contributed by atoms with van der Waals surface area (Å²) >= 11 is 5.89. The van der Waals surface area contributed by atoms with Gasteiger partial charge in [-0.05, 0) is 30.7 Å². The van der Waals surface area contributed by atoms with Crippen molar-refractivity contribution in [3.05, 3.63) is 35.6 Å². The minimum absolute atomic E-state index is 0.179. The first-order chi connectivity index (χ1) is 8.70. The molecule has 0 aliphatic rings. The molecule has 0 bridgehead atoms. The lowest BCUT2D eigenvalue weighted by Crippen LogP contribution is -2.15. The van der Waals surface area contributed by atoms with Gasteiger partial charge in [0.05, 0.1) is 0 Å². The van der Waals surface area contributed by atoms with Gasteiger partial charge in [-0.2, -0.15) is 15.0 Å². The van der Waals surface area contributed by atoms with Gasteiger partial charge in [0.2, 0.25) is 17.2 Å². The number of para-hydroxylation sites is 1. The van der Waals surface area contributed by atoms with Crippen molar-refractivity contribution in [1.29, 1.82) is 0 Å². The molecular formula is C12H14ClN5.